The normalized spacial score (nSPS) is 19.1. The lowest BCUT2D eigenvalue weighted by molar-refractivity contribution is -0.121. The van der Waals surface area contributed by atoms with Crippen molar-refractivity contribution in [2.75, 3.05) is 22.1 Å². The molecule has 3 aliphatic rings. The number of nitrogens with one attached hydrogen (secondary N) is 2. The monoisotopic (exact) mass is 508 g/mol. The van der Waals surface area contributed by atoms with Crippen LogP contribution in [0.2, 0.25) is 0 Å². The van der Waals surface area contributed by atoms with Crippen LogP contribution in [0.25, 0.3) is 11.0 Å². The van der Waals surface area contributed by atoms with Gasteiger partial charge in [0.1, 0.15) is 18.9 Å². The Morgan fingerprint density at radius 2 is 1.92 bits per heavy atom. The number of imidazole rings is 1. The van der Waals surface area contributed by atoms with Crippen LogP contribution in [0, 0.1) is 0 Å². The summed E-state index contributed by atoms with van der Waals surface area (Å²) >= 11 is 0. The average Bonchev–Trinajstić information content (AvgIpc) is 3.51. The minimum atomic E-state index is -0.683. The number of amides is 3. The molecule has 4 aromatic rings. The Kier molecular flexibility index (Phi) is 4.66. The molecule has 2 N–H and O–H groups in total. The van der Waals surface area contributed by atoms with E-state index in [-0.39, 0.29) is 36.5 Å². The van der Waals surface area contributed by atoms with E-state index in [1.54, 1.807) is 23.2 Å². The Morgan fingerprint density at radius 3 is 2.76 bits per heavy atom. The van der Waals surface area contributed by atoms with E-state index in [4.69, 9.17) is 0 Å². The fraction of sp³-hybridized carbons (Fsp3) is 0.250. The molecule has 0 saturated heterocycles. The summed E-state index contributed by atoms with van der Waals surface area (Å²) in [6.45, 7) is 2.16. The Balaban J connectivity index is 1.16. The van der Waals surface area contributed by atoms with Crippen LogP contribution in [-0.2, 0) is 45.7 Å². The van der Waals surface area contributed by atoms with Crippen molar-refractivity contribution >= 4 is 45.9 Å². The molecule has 4 heterocycles. The minimum Gasteiger partial charge on any atom is -0.325 e. The number of rotatable bonds is 4. The molecule has 1 unspecified atom stereocenters. The zero-order chi connectivity index (χ0) is 26.2. The molecule has 2 aromatic carbocycles. The molecule has 0 radical (unpaired) electrons. The van der Waals surface area contributed by atoms with Gasteiger partial charge in [-0.3, -0.25) is 23.5 Å². The molecule has 1 spiro atoms. The molecule has 0 saturated carbocycles. The van der Waals surface area contributed by atoms with Gasteiger partial charge in [0, 0.05) is 24.0 Å². The molecule has 0 bridgehead atoms. The van der Waals surface area contributed by atoms with Gasteiger partial charge in [0.15, 0.2) is 0 Å². The van der Waals surface area contributed by atoms with E-state index in [0.717, 1.165) is 16.7 Å². The summed E-state index contributed by atoms with van der Waals surface area (Å²) in [7, 11) is 0. The quantitative estimate of drug-likeness (QED) is 0.438. The highest BCUT2D eigenvalue weighted by molar-refractivity contribution is 6.07. The number of carbonyl (C=O) groups excluding carboxylic acids is 3. The molecule has 7 rings (SSSR count). The lowest BCUT2D eigenvalue weighted by atomic mass is 9.79. The van der Waals surface area contributed by atoms with E-state index >= 15 is 0 Å². The van der Waals surface area contributed by atoms with Crippen molar-refractivity contribution < 1.29 is 14.4 Å². The zero-order valence-electron chi connectivity index (χ0n) is 20.7. The molecule has 10 heteroatoms. The summed E-state index contributed by atoms with van der Waals surface area (Å²) in [6.07, 6.45) is 2.76. The number of para-hydroxylation sites is 1. The van der Waals surface area contributed by atoms with Gasteiger partial charge in [-0.25, -0.2) is 9.78 Å². The predicted molar refractivity (Wildman–Crippen MR) is 141 cm³/mol. The first kappa shape index (κ1) is 22.5. The second-order valence-electron chi connectivity index (χ2n) is 10.1. The van der Waals surface area contributed by atoms with Crippen molar-refractivity contribution in [3.63, 3.8) is 0 Å². The summed E-state index contributed by atoms with van der Waals surface area (Å²) in [4.78, 5) is 57.8. The van der Waals surface area contributed by atoms with Crippen LogP contribution in [0.4, 0.5) is 17.2 Å². The molecule has 2 aliphatic heterocycles. The molecule has 38 heavy (non-hydrogen) atoms. The van der Waals surface area contributed by atoms with Crippen molar-refractivity contribution in [2.45, 2.75) is 38.3 Å². The van der Waals surface area contributed by atoms with E-state index in [2.05, 4.69) is 15.6 Å². The van der Waals surface area contributed by atoms with Crippen LogP contribution in [-0.4, -0.2) is 38.4 Å². The van der Waals surface area contributed by atoms with Crippen molar-refractivity contribution in [1.29, 1.82) is 0 Å². The Bertz CT molecular complexity index is 1770. The fourth-order valence-corrected chi connectivity index (χ4v) is 6.27. The van der Waals surface area contributed by atoms with Crippen LogP contribution in [0.1, 0.15) is 23.6 Å². The number of likely N-dealkylation sites (N-methyl/N-ethyl adjacent to an activating group) is 1. The van der Waals surface area contributed by atoms with Crippen molar-refractivity contribution in [3.8, 4) is 0 Å². The molecule has 3 amide bonds. The maximum Gasteiger partial charge on any atom is 0.330 e. The van der Waals surface area contributed by atoms with Crippen LogP contribution in [0.5, 0.6) is 0 Å². The third kappa shape index (κ3) is 3.03. The highest BCUT2D eigenvalue weighted by atomic mass is 16.2. The highest BCUT2D eigenvalue weighted by Gasteiger charge is 2.51. The number of benzene rings is 2. The number of hydrogen-bond donors (Lipinski definition) is 2. The van der Waals surface area contributed by atoms with E-state index in [0.29, 0.717) is 47.6 Å². The van der Waals surface area contributed by atoms with Gasteiger partial charge in [0.2, 0.25) is 17.7 Å². The molecule has 0 fully saturated rings. The van der Waals surface area contributed by atoms with Crippen molar-refractivity contribution in [2.24, 2.45) is 0 Å². The second-order valence-corrected chi connectivity index (χ2v) is 10.1. The summed E-state index contributed by atoms with van der Waals surface area (Å²) in [5.41, 5.74) is 4.45. The third-order valence-corrected chi connectivity index (χ3v) is 7.98. The molecule has 10 nitrogen and oxygen atoms in total. The Morgan fingerprint density at radius 1 is 1.08 bits per heavy atom. The van der Waals surface area contributed by atoms with E-state index in [1.807, 2.05) is 43.3 Å². The van der Waals surface area contributed by atoms with Gasteiger partial charge >= 0.3 is 5.69 Å². The smallest absolute Gasteiger partial charge is 0.325 e. The van der Waals surface area contributed by atoms with Crippen LogP contribution < -0.4 is 21.2 Å². The first-order chi connectivity index (χ1) is 18.4. The lowest BCUT2D eigenvalue weighted by Gasteiger charge is -2.26. The molecule has 1 aliphatic carbocycles. The number of nitrogens with zero attached hydrogens (tertiary/aromatic N) is 4. The standard InChI is InChI=1S/C28H24N6O4/c1-2-32-20-6-3-7-21-24(20)34(15-23(32)36)27(38)33(21)14-22(35)30-18-9-8-16-12-28(13-17(16)11-18)19-5-4-10-29-25(19)31-26(28)37/h3-11H,2,12-15H2,1H3,(H,30,35)(H,29,31,37). The second kappa shape index (κ2) is 7.88. The van der Waals surface area contributed by atoms with E-state index < -0.39 is 5.41 Å². The van der Waals surface area contributed by atoms with Crippen molar-refractivity contribution in [1.82, 2.24) is 14.1 Å². The lowest BCUT2D eigenvalue weighted by Crippen LogP contribution is -2.40. The Labute approximate surface area is 216 Å². The van der Waals surface area contributed by atoms with Gasteiger partial charge in [-0.1, -0.05) is 18.2 Å². The van der Waals surface area contributed by atoms with Crippen molar-refractivity contribution in [3.05, 3.63) is 81.9 Å². The predicted octanol–water partition coefficient (Wildman–Crippen LogP) is 2.19. The largest absolute Gasteiger partial charge is 0.330 e. The van der Waals surface area contributed by atoms with Gasteiger partial charge in [0.05, 0.1) is 22.1 Å². The van der Waals surface area contributed by atoms with E-state index in [9.17, 15) is 19.2 Å². The Hall–Kier alpha value is -4.73. The third-order valence-electron chi connectivity index (χ3n) is 7.98. The number of carbonyl (C=O) groups is 3. The molecular weight excluding hydrogens is 484 g/mol. The summed E-state index contributed by atoms with van der Waals surface area (Å²) in [6, 6.07) is 14.9. The maximum atomic E-state index is 13.2. The summed E-state index contributed by atoms with van der Waals surface area (Å²) in [5, 5.41) is 5.81. The molecule has 190 valence electrons. The van der Waals surface area contributed by atoms with Gasteiger partial charge in [-0.05, 0) is 61.2 Å². The maximum absolute atomic E-state index is 13.2. The number of anilines is 3. The summed E-state index contributed by atoms with van der Waals surface area (Å²) < 4.78 is 2.86. The minimum absolute atomic E-state index is 0.0480. The van der Waals surface area contributed by atoms with Crippen LogP contribution in [0.15, 0.2) is 59.5 Å². The number of fused-ring (bicyclic) bond motifs is 3. The molecule has 1 atom stereocenters. The number of aromatic nitrogens is 3. The SMILES string of the molecule is CCN1C(=O)Cn2c(=O)n(CC(=O)Nc3ccc4c(c3)CC3(C4)C(=O)Nc4ncccc43)c3cccc1c32. The average molecular weight is 509 g/mol. The van der Waals surface area contributed by atoms with Gasteiger partial charge in [-0.15, -0.1) is 0 Å². The van der Waals surface area contributed by atoms with Crippen LogP contribution >= 0.6 is 0 Å². The molecule has 2 aromatic heterocycles. The fourth-order valence-electron chi connectivity index (χ4n) is 6.27. The zero-order valence-corrected chi connectivity index (χ0v) is 20.7. The van der Waals surface area contributed by atoms with Crippen LogP contribution in [0.3, 0.4) is 0 Å². The first-order valence-corrected chi connectivity index (χ1v) is 12.6. The van der Waals surface area contributed by atoms with E-state index in [1.165, 1.54) is 9.13 Å². The number of pyridine rings is 1. The first-order valence-electron chi connectivity index (χ1n) is 12.6. The topological polar surface area (TPSA) is 118 Å². The summed E-state index contributed by atoms with van der Waals surface area (Å²) in [5.74, 6) is 0.0530. The number of hydrogen-bond acceptors (Lipinski definition) is 5. The van der Waals surface area contributed by atoms with Gasteiger partial charge in [-0.2, -0.15) is 0 Å². The molecular formula is C28H24N6O4. The van der Waals surface area contributed by atoms with Gasteiger partial charge in [0.25, 0.3) is 0 Å². The highest BCUT2D eigenvalue weighted by Crippen LogP contribution is 2.47. The van der Waals surface area contributed by atoms with Gasteiger partial charge < -0.3 is 15.5 Å².